The second-order valence-electron chi connectivity index (χ2n) is 9.34. The first-order valence-corrected chi connectivity index (χ1v) is 11.2. The molecule has 0 radical (unpaired) electrons. The molecule has 3 fully saturated rings. The van der Waals surface area contributed by atoms with Gasteiger partial charge in [0.05, 0.1) is 5.69 Å². The van der Waals surface area contributed by atoms with Gasteiger partial charge in [0, 0.05) is 69.5 Å². The van der Waals surface area contributed by atoms with Gasteiger partial charge in [0.25, 0.3) is 0 Å². The van der Waals surface area contributed by atoms with Crippen molar-refractivity contribution in [2.45, 2.75) is 38.6 Å². The molecule has 3 atom stereocenters. The predicted molar refractivity (Wildman–Crippen MR) is 115 cm³/mol. The molecule has 2 aliphatic heterocycles. The maximum atomic E-state index is 5.51. The number of hydrogen-bond donors (Lipinski definition) is 1. The van der Waals surface area contributed by atoms with Crippen LogP contribution in [0.15, 0.2) is 24.5 Å². The average Bonchev–Trinajstić information content (AvgIpc) is 3.36. The van der Waals surface area contributed by atoms with Crippen LogP contribution in [0.1, 0.15) is 31.4 Å². The molecule has 0 aromatic carbocycles. The van der Waals surface area contributed by atoms with Crippen LogP contribution >= 0.6 is 0 Å². The second kappa shape index (κ2) is 8.07. The summed E-state index contributed by atoms with van der Waals surface area (Å²) in [5.74, 6) is 3.55. The first kappa shape index (κ1) is 19.1. The Hall–Kier alpha value is -1.92. The lowest BCUT2D eigenvalue weighted by Gasteiger charge is -2.27. The lowest BCUT2D eigenvalue weighted by Crippen LogP contribution is -2.32. The number of rotatable bonds is 5. The molecule has 0 bridgehead atoms. The molecule has 1 unspecified atom stereocenters. The molecule has 2 aromatic rings. The van der Waals surface area contributed by atoms with E-state index in [1.807, 2.05) is 24.9 Å². The number of nitrogens with zero attached hydrogens (tertiary/aromatic N) is 4. The molecular formula is C23H33N5O. The molecule has 2 aromatic heterocycles. The highest BCUT2D eigenvalue weighted by molar-refractivity contribution is 5.65. The molecule has 0 spiro atoms. The van der Waals surface area contributed by atoms with Crippen molar-refractivity contribution in [1.29, 1.82) is 0 Å². The van der Waals surface area contributed by atoms with Crippen LogP contribution in [-0.2, 0) is 11.8 Å². The number of hydrogen-bond acceptors (Lipinski definition) is 5. The number of aryl methyl sites for hydroxylation is 2. The van der Waals surface area contributed by atoms with Crippen LogP contribution < -0.4 is 5.32 Å². The fraction of sp³-hybridized carbons (Fsp3) is 0.652. The highest BCUT2D eigenvalue weighted by Gasteiger charge is 2.41. The Morgan fingerprint density at radius 1 is 1.14 bits per heavy atom. The van der Waals surface area contributed by atoms with Crippen molar-refractivity contribution in [2.24, 2.45) is 24.8 Å². The molecule has 29 heavy (non-hydrogen) atoms. The van der Waals surface area contributed by atoms with Crippen LogP contribution in [0, 0.1) is 24.7 Å². The lowest BCUT2D eigenvalue weighted by molar-refractivity contribution is 0.0545. The standard InChI is InChI=1S/C23H33N5O/c1-16-22(15-27(2)26-16)18-3-4-23(24-11-18)25-21-9-19-13-28(14-20(19)10-21)12-17-5-7-29-8-6-17/h3-4,11,15,17,19-21H,5-10,12-14H2,1-2H3,(H,24,25)/t19-,20+,21?. The van der Waals surface area contributed by atoms with Crippen LogP contribution in [0.2, 0.25) is 0 Å². The van der Waals surface area contributed by atoms with Crippen molar-refractivity contribution >= 4 is 5.82 Å². The smallest absolute Gasteiger partial charge is 0.126 e. The number of anilines is 1. The number of aromatic nitrogens is 3. The zero-order valence-corrected chi connectivity index (χ0v) is 17.7. The minimum atomic E-state index is 0.564. The van der Waals surface area contributed by atoms with Crippen molar-refractivity contribution < 1.29 is 4.74 Å². The summed E-state index contributed by atoms with van der Waals surface area (Å²) < 4.78 is 7.37. The molecule has 0 amide bonds. The van der Waals surface area contributed by atoms with Gasteiger partial charge in [0.2, 0.25) is 0 Å². The van der Waals surface area contributed by atoms with Gasteiger partial charge in [-0.15, -0.1) is 0 Å². The highest BCUT2D eigenvalue weighted by Crippen LogP contribution is 2.39. The van der Waals surface area contributed by atoms with Crippen molar-refractivity contribution in [3.8, 4) is 11.1 Å². The first-order valence-electron chi connectivity index (χ1n) is 11.2. The van der Waals surface area contributed by atoms with Crippen molar-refractivity contribution in [3.05, 3.63) is 30.2 Å². The highest BCUT2D eigenvalue weighted by atomic mass is 16.5. The van der Waals surface area contributed by atoms with Gasteiger partial charge in [-0.25, -0.2) is 4.98 Å². The van der Waals surface area contributed by atoms with Gasteiger partial charge >= 0.3 is 0 Å². The largest absolute Gasteiger partial charge is 0.381 e. The monoisotopic (exact) mass is 395 g/mol. The van der Waals surface area contributed by atoms with E-state index in [-0.39, 0.29) is 0 Å². The quantitative estimate of drug-likeness (QED) is 0.842. The summed E-state index contributed by atoms with van der Waals surface area (Å²) in [7, 11) is 1.96. The molecule has 6 heteroatoms. The minimum absolute atomic E-state index is 0.564. The molecular weight excluding hydrogens is 362 g/mol. The van der Waals surface area contributed by atoms with E-state index in [1.54, 1.807) is 0 Å². The SMILES string of the molecule is Cc1nn(C)cc1-c1ccc(NC2C[C@@H]3CN(CC4CCOCC4)C[C@@H]3C2)nc1. The minimum Gasteiger partial charge on any atom is -0.381 e. The molecule has 5 rings (SSSR count). The molecule has 156 valence electrons. The van der Waals surface area contributed by atoms with Crippen molar-refractivity contribution in [2.75, 3.05) is 38.2 Å². The Morgan fingerprint density at radius 3 is 2.52 bits per heavy atom. The average molecular weight is 396 g/mol. The first-order chi connectivity index (χ1) is 14.1. The molecule has 1 N–H and O–H groups in total. The summed E-state index contributed by atoms with van der Waals surface area (Å²) in [6, 6.07) is 4.84. The predicted octanol–water partition coefficient (Wildman–Crippen LogP) is 3.34. The van der Waals surface area contributed by atoms with Gasteiger partial charge in [-0.3, -0.25) is 4.68 Å². The summed E-state index contributed by atoms with van der Waals surface area (Å²) in [5.41, 5.74) is 3.34. The van der Waals surface area contributed by atoms with E-state index < -0.39 is 0 Å². The number of pyridine rings is 1. The summed E-state index contributed by atoms with van der Waals surface area (Å²) in [5, 5.41) is 8.13. The summed E-state index contributed by atoms with van der Waals surface area (Å²) in [6.45, 7) is 7.82. The van der Waals surface area contributed by atoms with E-state index in [0.29, 0.717) is 6.04 Å². The molecule has 2 saturated heterocycles. The maximum Gasteiger partial charge on any atom is 0.126 e. The normalized spacial score (nSPS) is 28.0. The molecule has 6 nitrogen and oxygen atoms in total. The van der Waals surface area contributed by atoms with Gasteiger partial charge in [-0.05, 0) is 62.5 Å². The van der Waals surface area contributed by atoms with Gasteiger partial charge < -0.3 is 15.0 Å². The number of ether oxygens (including phenoxy) is 1. The number of likely N-dealkylation sites (tertiary alicyclic amines) is 1. The van der Waals surface area contributed by atoms with E-state index in [1.165, 1.54) is 45.3 Å². The zero-order chi connectivity index (χ0) is 19.8. The second-order valence-corrected chi connectivity index (χ2v) is 9.34. The van der Waals surface area contributed by atoms with Gasteiger partial charge in [0.1, 0.15) is 5.82 Å². The van der Waals surface area contributed by atoms with Crippen LogP contribution in [0.4, 0.5) is 5.82 Å². The van der Waals surface area contributed by atoms with Crippen LogP contribution in [0.5, 0.6) is 0 Å². The third-order valence-electron chi connectivity index (χ3n) is 7.12. The topological polar surface area (TPSA) is 55.2 Å². The number of nitrogens with one attached hydrogen (secondary N) is 1. The lowest BCUT2D eigenvalue weighted by atomic mass is 10.00. The Labute approximate surface area is 173 Å². The Bertz CT molecular complexity index is 812. The van der Waals surface area contributed by atoms with Gasteiger partial charge in [-0.1, -0.05) is 0 Å². The fourth-order valence-corrected chi connectivity index (χ4v) is 5.69. The molecule has 4 heterocycles. The van der Waals surface area contributed by atoms with Crippen molar-refractivity contribution in [1.82, 2.24) is 19.7 Å². The molecule has 3 aliphatic rings. The van der Waals surface area contributed by atoms with Gasteiger partial charge in [-0.2, -0.15) is 5.10 Å². The molecule has 1 saturated carbocycles. The van der Waals surface area contributed by atoms with Crippen LogP contribution in [0.3, 0.4) is 0 Å². The Kier molecular flexibility index (Phi) is 5.31. The summed E-state index contributed by atoms with van der Waals surface area (Å²) in [6.07, 6.45) is 9.08. The Morgan fingerprint density at radius 2 is 1.90 bits per heavy atom. The fourth-order valence-electron chi connectivity index (χ4n) is 5.69. The van der Waals surface area contributed by atoms with Crippen LogP contribution in [-0.4, -0.2) is 58.6 Å². The van der Waals surface area contributed by atoms with Gasteiger partial charge in [0.15, 0.2) is 0 Å². The van der Waals surface area contributed by atoms with Crippen molar-refractivity contribution in [3.63, 3.8) is 0 Å². The maximum absolute atomic E-state index is 5.51. The van der Waals surface area contributed by atoms with E-state index in [9.17, 15) is 0 Å². The molecule has 1 aliphatic carbocycles. The Balaban J connectivity index is 1.13. The third-order valence-corrected chi connectivity index (χ3v) is 7.12. The number of fused-ring (bicyclic) bond motifs is 1. The third kappa shape index (κ3) is 4.19. The zero-order valence-electron chi connectivity index (χ0n) is 17.7. The van der Waals surface area contributed by atoms with E-state index in [0.717, 1.165) is 53.6 Å². The summed E-state index contributed by atoms with van der Waals surface area (Å²) >= 11 is 0. The van der Waals surface area contributed by atoms with Crippen LogP contribution in [0.25, 0.3) is 11.1 Å². The van der Waals surface area contributed by atoms with E-state index >= 15 is 0 Å². The summed E-state index contributed by atoms with van der Waals surface area (Å²) in [4.78, 5) is 7.41. The van der Waals surface area contributed by atoms with E-state index in [4.69, 9.17) is 4.74 Å². The van der Waals surface area contributed by atoms with E-state index in [2.05, 4.69) is 38.6 Å².